The van der Waals surface area contributed by atoms with E-state index in [2.05, 4.69) is 4.98 Å². The first-order valence-electron chi connectivity index (χ1n) is 5.60. The van der Waals surface area contributed by atoms with Crippen LogP contribution in [0, 0.1) is 10.5 Å². The van der Waals surface area contributed by atoms with Crippen LogP contribution in [-0.2, 0) is 6.54 Å². The summed E-state index contributed by atoms with van der Waals surface area (Å²) in [7, 11) is 0. The Labute approximate surface area is 138 Å². The number of halogens is 3. The second-order valence-corrected chi connectivity index (χ2v) is 6.02. The third kappa shape index (κ3) is 3.21. The number of hydrogen-bond donors (Lipinski definition) is 0. The van der Waals surface area contributed by atoms with Crippen molar-refractivity contribution in [1.29, 1.82) is 0 Å². The summed E-state index contributed by atoms with van der Waals surface area (Å²) in [5.74, 6) is -0.230. The summed E-state index contributed by atoms with van der Waals surface area (Å²) in [4.78, 5) is 28.2. The zero-order valence-electron chi connectivity index (χ0n) is 10.4. The van der Waals surface area contributed by atoms with Crippen LogP contribution in [0.2, 0.25) is 10.0 Å². The summed E-state index contributed by atoms with van der Waals surface area (Å²) in [5, 5.41) is 0.688. The van der Waals surface area contributed by atoms with Gasteiger partial charge in [0.05, 0.1) is 32.2 Å². The summed E-state index contributed by atoms with van der Waals surface area (Å²) in [5.41, 5.74) is 0.822. The smallest absolute Gasteiger partial charge is 0.267 e. The lowest BCUT2D eigenvalue weighted by Gasteiger charge is -2.07. The van der Waals surface area contributed by atoms with Crippen molar-refractivity contribution in [2.75, 3.05) is 0 Å². The summed E-state index contributed by atoms with van der Waals surface area (Å²) in [6.07, 6.45) is 1.37. The fourth-order valence-corrected chi connectivity index (χ4v) is 2.32. The predicted octanol–water partition coefficient (Wildman–Crippen LogP) is 3.35. The zero-order chi connectivity index (χ0) is 14.9. The molecule has 1 aromatic heterocycles. The van der Waals surface area contributed by atoms with E-state index in [-0.39, 0.29) is 17.9 Å². The van der Waals surface area contributed by atoms with E-state index in [1.807, 2.05) is 22.6 Å². The first-order chi connectivity index (χ1) is 9.40. The third-order valence-corrected chi connectivity index (χ3v) is 4.69. The van der Waals surface area contributed by atoms with Gasteiger partial charge in [0.25, 0.3) is 5.56 Å². The first-order valence-corrected chi connectivity index (χ1v) is 7.43. The van der Waals surface area contributed by atoms with Crippen molar-refractivity contribution in [3.05, 3.63) is 59.8 Å². The molecule has 0 fully saturated rings. The lowest BCUT2D eigenvalue weighted by atomic mass is 10.1. The van der Waals surface area contributed by atoms with Crippen molar-refractivity contribution in [3.63, 3.8) is 0 Å². The minimum absolute atomic E-state index is 0.0833. The molecule has 0 aliphatic rings. The van der Waals surface area contributed by atoms with Gasteiger partial charge in [0.15, 0.2) is 5.78 Å². The number of carbonyl (C=O) groups excluding carboxylic acids is 1. The van der Waals surface area contributed by atoms with Gasteiger partial charge in [-0.25, -0.2) is 4.98 Å². The molecule has 0 N–H and O–H groups in total. The van der Waals surface area contributed by atoms with Crippen LogP contribution >= 0.6 is 45.8 Å². The van der Waals surface area contributed by atoms with Crippen LogP contribution in [0.5, 0.6) is 0 Å². The molecule has 1 aromatic carbocycles. The molecule has 104 valence electrons. The van der Waals surface area contributed by atoms with Crippen molar-refractivity contribution in [2.24, 2.45) is 0 Å². The Balaban J connectivity index is 2.30. The number of Topliss-reactive ketones (excluding diaryl/α,β-unsaturated/α-hetero) is 1. The fraction of sp³-hybridized carbons (Fsp3) is 0.154. The summed E-state index contributed by atoms with van der Waals surface area (Å²) < 4.78 is 1.78. The van der Waals surface area contributed by atoms with Crippen LogP contribution in [-0.4, -0.2) is 15.3 Å². The van der Waals surface area contributed by atoms with Crippen molar-refractivity contribution in [1.82, 2.24) is 9.55 Å². The first kappa shape index (κ1) is 15.5. The van der Waals surface area contributed by atoms with E-state index in [1.165, 1.54) is 17.0 Å². The number of rotatable bonds is 3. The van der Waals surface area contributed by atoms with Gasteiger partial charge in [-0.15, -0.1) is 0 Å². The number of nitrogens with zero attached hydrogens (tertiary/aromatic N) is 2. The lowest BCUT2D eigenvalue weighted by molar-refractivity contribution is 0.0970. The quantitative estimate of drug-likeness (QED) is 0.563. The number of benzene rings is 1. The Kier molecular flexibility index (Phi) is 4.82. The molecule has 0 radical (unpaired) electrons. The lowest BCUT2D eigenvalue weighted by Crippen LogP contribution is -2.27. The molecule has 0 bridgehead atoms. The molecule has 2 aromatic rings. The normalized spacial score (nSPS) is 10.6. The maximum Gasteiger partial charge on any atom is 0.267 e. The van der Waals surface area contributed by atoms with Crippen molar-refractivity contribution < 1.29 is 4.79 Å². The van der Waals surface area contributed by atoms with E-state index < -0.39 is 0 Å². The van der Waals surface area contributed by atoms with Crippen molar-refractivity contribution in [3.8, 4) is 0 Å². The van der Waals surface area contributed by atoms with E-state index in [9.17, 15) is 9.59 Å². The van der Waals surface area contributed by atoms with Crippen LogP contribution in [0.4, 0.5) is 0 Å². The largest absolute Gasteiger partial charge is 0.292 e. The molecule has 2 rings (SSSR count). The van der Waals surface area contributed by atoms with Gasteiger partial charge in [-0.05, 0) is 47.7 Å². The summed E-state index contributed by atoms with van der Waals surface area (Å²) in [6, 6.07) is 4.62. The van der Waals surface area contributed by atoms with Crippen LogP contribution in [0.1, 0.15) is 16.1 Å². The second kappa shape index (κ2) is 6.24. The molecule has 4 nitrogen and oxygen atoms in total. The highest BCUT2D eigenvalue weighted by Crippen LogP contribution is 2.22. The molecular weight excluding hydrogens is 414 g/mol. The number of aromatic nitrogens is 2. The molecule has 20 heavy (non-hydrogen) atoms. The Hall–Kier alpha value is -0.920. The molecule has 0 saturated heterocycles. The highest BCUT2D eigenvalue weighted by atomic mass is 127. The fourth-order valence-electron chi connectivity index (χ4n) is 1.57. The molecule has 0 unspecified atom stereocenters. The molecule has 0 aliphatic carbocycles. The molecule has 1 heterocycles. The van der Waals surface area contributed by atoms with Crippen LogP contribution < -0.4 is 5.56 Å². The minimum atomic E-state index is -0.230. The van der Waals surface area contributed by atoms with Gasteiger partial charge < -0.3 is 0 Å². The number of hydrogen-bond acceptors (Lipinski definition) is 3. The maximum absolute atomic E-state index is 12.1. The zero-order valence-corrected chi connectivity index (χ0v) is 14.0. The molecular formula is C13H9Cl2IN2O2. The average Bonchev–Trinajstić information content (AvgIpc) is 2.42. The second-order valence-electron chi connectivity index (χ2n) is 4.13. The van der Waals surface area contributed by atoms with Crippen LogP contribution in [0.15, 0.2) is 29.3 Å². The van der Waals surface area contributed by atoms with Gasteiger partial charge in [0.2, 0.25) is 0 Å². The van der Waals surface area contributed by atoms with Gasteiger partial charge in [0.1, 0.15) is 0 Å². The van der Waals surface area contributed by atoms with Gasteiger partial charge in [-0.3, -0.25) is 14.2 Å². The molecule has 7 heteroatoms. The van der Waals surface area contributed by atoms with E-state index in [0.717, 1.165) is 0 Å². The average molecular weight is 423 g/mol. The molecule has 0 spiro atoms. The van der Waals surface area contributed by atoms with E-state index in [4.69, 9.17) is 23.2 Å². The Morgan fingerprint density at radius 1 is 1.35 bits per heavy atom. The SMILES string of the molecule is Cc1ncn(CC(=O)c2ccc(Cl)c(Cl)c2)c(=O)c1I. The predicted molar refractivity (Wildman–Crippen MR) is 86.7 cm³/mol. The van der Waals surface area contributed by atoms with Gasteiger partial charge in [-0.2, -0.15) is 0 Å². The Morgan fingerprint density at radius 3 is 2.70 bits per heavy atom. The topological polar surface area (TPSA) is 52.0 Å². The van der Waals surface area contributed by atoms with Crippen LogP contribution in [0.25, 0.3) is 0 Å². The summed E-state index contributed by atoms with van der Waals surface area (Å²) in [6.45, 7) is 1.66. The number of carbonyl (C=O) groups is 1. The standard InChI is InChI=1S/C13H9Cl2IN2O2/c1-7-12(16)13(20)18(6-17-7)5-11(19)8-2-3-9(14)10(15)4-8/h2-4,6H,5H2,1H3. The minimum Gasteiger partial charge on any atom is -0.292 e. The highest BCUT2D eigenvalue weighted by Gasteiger charge is 2.12. The monoisotopic (exact) mass is 422 g/mol. The Morgan fingerprint density at radius 2 is 2.05 bits per heavy atom. The van der Waals surface area contributed by atoms with Gasteiger partial charge >= 0.3 is 0 Å². The van der Waals surface area contributed by atoms with E-state index >= 15 is 0 Å². The van der Waals surface area contributed by atoms with Crippen molar-refractivity contribution in [2.45, 2.75) is 13.5 Å². The number of aryl methyl sites for hydroxylation is 1. The molecule has 0 saturated carbocycles. The van der Waals surface area contributed by atoms with E-state index in [0.29, 0.717) is 24.9 Å². The summed E-state index contributed by atoms with van der Waals surface area (Å²) >= 11 is 13.6. The third-order valence-electron chi connectivity index (χ3n) is 2.71. The Bertz CT molecular complexity index is 744. The maximum atomic E-state index is 12.1. The van der Waals surface area contributed by atoms with Crippen LogP contribution in [0.3, 0.4) is 0 Å². The van der Waals surface area contributed by atoms with Gasteiger partial charge in [0, 0.05) is 5.56 Å². The van der Waals surface area contributed by atoms with Crippen molar-refractivity contribution >= 4 is 51.6 Å². The molecule has 0 amide bonds. The molecule has 0 aliphatic heterocycles. The highest BCUT2D eigenvalue weighted by molar-refractivity contribution is 14.1. The van der Waals surface area contributed by atoms with E-state index in [1.54, 1.807) is 19.1 Å². The molecule has 0 atom stereocenters. The van der Waals surface area contributed by atoms with Gasteiger partial charge in [-0.1, -0.05) is 23.2 Å². The number of ketones is 1.